The predicted molar refractivity (Wildman–Crippen MR) is 120 cm³/mol. The lowest BCUT2D eigenvalue weighted by Crippen LogP contribution is -2.21. The summed E-state index contributed by atoms with van der Waals surface area (Å²) >= 11 is 1.44. The molecule has 1 aliphatic rings. The molecule has 32 heavy (non-hydrogen) atoms. The Kier molecular flexibility index (Phi) is 5.06. The third-order valence-electron chi connectivity index (χ3n) is 5.05. The lowest BCUT2D eigenvalue weighted by molar-refractivity contribution is 0.324. The second-order valence-electron chi connectivity index (χ2n) is 6.85. The predicted octanol–water partition coefficient (Wildman–Crippen LogP) is 3.44. The lowest BCUT2D eigenvalue weighted by atomic mass is 10.1. The third kappa shape index (κ3) is 3.28. The summed E-state index contributed by atoms with van der Waals surface area (Å²) in [6.45, 7) is 0. The highest BCUT2D eigenvalue weighted by molar-refractivity contribution is 7.99. The molecule has 0 fully saturated rings. The zero-order valence-electron chi connectivity index (χ0n) is 17.5. The number of benzene rings is 2. The van der Waals surface area contributed by atoms with Gasteiger partial charge < -0.3 is 18.6 Å². The first-order valence-electron chi connectivity index (χ1n) is 9.62. The highest BCUT2D eigenvalue weighted by Crippen LogP contribution is 2.41. The average molecular weight is 450 g/mol. The Bertz CT molecular complexity index is 1400. The second-order valence-corrected chi connectivity index (χ2v) is 7.80. The van der Waals surface area contributed by atoms with E-state index >= 15 is 0 Å². The van der Waals surface area contributed by atoms with E-state index in [0.29, 0.717) is 56.4 Å². The van der Waals surface area contributed by atoms with Crippen LogP contribution in [0, 0.1) is 0 Å². The van der Waals surface area contributed by atoms with E-state index in [1.54, 1.807) is 50.3 Å². The standard InChI is InChI=1S/C22H18N4O5S/c1-28-17-9-13(10-18(29-2)19(17)30-3)20-23-24-22-26(20)25-15(11-32-22)14-8-12-6-4-5-7-16(12)31-21(14)27/h4-10H,11H2,1-3H3. The van der Waals surface area contributed by atoms with Gasteiger partial charge in [0.2, 0.25) is 10.9 Å². The summed E-state index contributed by atoms with van der Waals surface area (Å²) in [6.07, 6.45) is 0. The normalized spacial score (nSPS) is 12.9. The van der Waals surface area contributed by atoms with Crippen LogP contribution < -0.4 is 19.8 Å². The fraction of sp³-hybridized carbons (Fsp3) is 0.182. The molecule has 162 valence electrons. The summed E-state index contributed by atoms with van der Waals surface area (Å²) in [5, 5.41) is 14.7. The summed E-state index contributed by atoms with van der Waals surface area (Å²) in [5.41, 5.74) is 1.76. The molecule has 2 aromatic heterocycles. The number of hydrogen-bond acceptors (Lipinski definition) is 9. The smallest absolute Gasteiger partial charge is 0.345 e. The van der Waals surface area contributed by atoms with E-state index in [1.165, 1.54) is 11.8 Å². The molecule has 0 spiro atoms. The zero-order valence-corrected chi connectivity index (χ0v) is 18.3. The van der Waals surface area contributed by atoms with Crippen molar-refractivity contribution in [1.82, 2.24) is 14.9 Å². The molecule has 0 aliphatic carbocycles. The van der Waals surface area contributed by atoms with Crippen molar-refractivity contribution in [2.75, 3.05) is 27.1 Å². The zero-order chi connectivity index (χ0) is 22.2. The molecule has 0 unspecified atom stereocenters. The number of methoxy groups -OCH3 is 3. The van der Waals surface area contributed by atoms with Gasteiger partial charge in [0.05, 0.1) is 32.6 Å². The van der Waals surface area contributed by atoms with Crippen molar-refractivity contribution in [3.63, 3.8) is 0 Å². The highest BCUT2D eigenvalue weighted by Gasteiger charge is 2.24. The Morgan fingerprint density at radius 1 is 1.00 bits per heavy atom. The van der Waals surface area contributed by atoms with Gasteiger partial charge in [0.25, 0.3) is 0 Å². The largest absolute Gasteiger partial charge is 0.493 e. The van der Waals surface area contributed by atoms with Gasteiger partial charge in [-0.05, 0) is 24.3 Å². The van der Waals surface area contributed by atoms with Crippen molar-refractivity contribution in [2.24, 2.45) is 5.10 Å². The summed E-state index contributed by atoms with van der Waals surface area (Å²) in [4.78, 5) is 12.6. The molecule has 9 nitrogen and oxygen atoms in total. The van der Waals surface area contributed by atoms with Gasteiger partial charge in [-0.25, -0.2) is 4.79 Å². The van der Waals surface area contributed by atoms with E-state index in [1.807, 2.05) is 18.2 Å². The Hall–Kier alpha value is -3.79. The molecule has 0 N–H and O–H groups in total. The highest BCUT2D eigenvalue weighted by atomic mass is 32.2. The Morgan fingerprint density at radius 3 is 2.47 bits per heavy atom. The molecule has 0 bridgehead atoms. The van der Waals surface area contributed by atoms with Crippen molar-refractivity contribution >= 4 is 28.4 Å². The van der Waals surface area contributed by atoms with Crippen LogP contribution in [0.5, 0.6) is 17.2 Å². The van der Waals surface area contributed by atoms with Gasteiger partial charge in [0.15, 0.2) is 17.3 Å². The molecule has 5 rings (SSSR count). The number of ether oxygens (including phenoxy) is 3. The van der Waals surface area contributed by atoms with Crippen LogP contribution in [-0.4, -0.2) is 47.7 Å². The SMILES string of the molecule is COc1cc(-c2nnc3n2N=C(c2cc4ccccc4oc2=O)CS3)cc(OC)c1OC. The molecule has 0 saturated carbocycles. The first kappa shape index (κ1) is 20.1. The maximum absolute atomic E-state index is 12.6. The topological polar surface area (TPSA) is 101 Å². The van der Waals surface area contributed by atoms with Crippen molar-refractivity contribution < 1.29 is 18.6 Å². The number of fused-ring (bicyclic) bond motifs is 2. The minimum absolute atomic E-state index is 0.409. The van der Waals surface area contributed by atoms with Crippen LogP contribution in [0.4, 0.5) is 0 Å². The molecule has 0 amide bonds. The Labute approximate surface area is 186 Å². The number of aromatic nitrogens is 3. The van der Waals surface area contributed by atoms with Crippen LogP contribution in [0.15, 0.2) is 61.9 Å². The summed E-state index contributed by atoms with van der Waals surface area (Å²) in [6, 6.07) is 12.7. The quantitative estimate of drug-likeness (QED) is 0.426. The molecular formula is C22H18N4O5S. The molecule has 2 aromatic carbocycles. The molecule has 0 radical (unpaired) electrons. The number of thioether (sulfide) groups is 1. The molecule has 0 saturated heterocycles. The number of rotatable bonds is 5. The van der Waals surface area contributed by atoms with E-state index in [2.05, 4.69) is 15.3 Å². The molecule has 4 aromatic rings. The van der Waals surface area contributed by atoms with Gasteiger partial charge in [-0.2, -0.15) is 9.78 Å². The van der Waals surface area contributed by atoms with Crippen molar-refractivity contribution in [3.8, 4) is 28.6 Å². The Balaban J connectivity index is 1.64. The minimum atomic E-state index is -0.436. The fourth-order valence-corrected chi connectivity index (χ4v) is 4.34. The molecular weight excluding hydrogens is 432 g/mol. The van der Waals surface area contributed by atoms with E-state index < -0.39 is 5.63 Å². The maximum atomic E-state index is 12.6. The van der Waals surface area contributed by atoms with E-state index in [9.17, 15) is 4.79 Å². The molecule has 3 heterocycles. The van der Waals surface area contributed by atoms with Crippen LogP contribution >= 0.6 is 11.8 Å². The van der Waals surface area contributed by atoms with Gasteiger partial charge >= 0.3 is 5.63 Å². The van der Waals surface area contributed by atoms with E-state index in [-0.39, 0.29) is 0 Å². The van der Waals surface area contributed by atoms with Crippen molar-refractivity contribution in [3.05, 3.63) is 58.4 Å². The van der Waals surface area contributed by atoms with Crippen LogP contribution in [0.2, 0.25) is 0 Å². The average Bonchev–Trinajstić information content (AvgIpc) is 3.25. The van der Waals surface area contributed by atoms with Gasteiger partial charge in [-0.15, -0.1) is 10.2 Å². The van der Waals surface area contributed by atoms with Crippen LogP contribution in [0.1, 0.15) is 5.56 Å². The van der Waals surface area contributed by atoms with Crippen LogP contribution in [0.25, 0.3) is 22.4 Å². The van der Waals surface area contributed by atoms with Gasteiger partial charge in [-0.3, -0.25) is 0 Å². The Morgan fingerprint density at radius 2 is 1.75 bits per heavy atom. The number of para-hydroxylation sites is 1. The first-order chi connectivity index (χ1) is 15.6. The molecule has 1 aliphatic heterocycles. The fourth-order valence-electron chi connectivity index (χ4n) is 3.51. The lowest BCUT2D eigenvalue weighted by Gasteiger charge is -2.15. The summed E-state index contributed by atoms with van der Waals surface area (Å²) in [5.74, 6) is 2.40. The van der Waals surface area contributed by atoms with Crippen LogP contribution in [0.3, 0.4) is 0 Å². The number of nitrogens with zero attached hydrogens (tertiary/aromatic N) is 4. The molecule has 10 heteroatoms. The van der Waals surface area contributed by atoms with Gasteiger partial charge in [-0.1, -0.05) is 30.0 Å². The van der Waals surface area contributed by atoms with Gasteiger partial charge in [0.1, 0.15) is 5.58 Å². The monoisotopic (exact) mass is 450 g/mol. The van der Waals surface area contributed by atoms with Crippen molar-refractivity contribution in [1.29, 1.82) is 0 Å². The molecule has 0 atom stereocenters. The minimum Gasteiger partial charge on any atom is -0.493 e. The maximum Gasteiger partial charge on any atom is 0.345 e. The van der Waals surface area contributed by atoms with Crippen molar-refractivity contribution in [2.45, 2.75) is 5.16 Å². The van der Waals surface area contributed by atoms with Gasteiger partial charge in [0, 0.05) is 16.7 Å². The van der Waals surface area contributed by atoms with E-state index in [4.69, 9.17) is 18.6 Å². The summed E-state index contributed by atoms with van der Waals surface area (Å²) in [7, 11) is 4.64. The number of hydrogen-bond donors (Lipinski definition) is 0. The van der Waals surface area contributed by atoms with E-state index in [0.717, 1.165) is 5.39 Å². The summed E-state index contributed by atoms with van der Waals surface area (Å²) < 4.78 is 23.4. The second kappa shape index (κ2) is 8.04. The first-order valence-corrected chi connectivity index (χ1v) is 10.6. The van der Waals surface area contributed by atoms with Crippen LogP contribution in [-0.2, 0) is 0 Å². The third-order valence-corrected chi connectivity index (χ3v) is 5.98.